The van der Waals surface area contributed by atoms with E-state index in [0.717, 1.165) is 19.5 Å². The second-order valence-electron chi connectivity index (χ2n) is 2.83. The molecule has 0 aliphatic carbocycles. The lowest BCUT2D eigenvalue weighted by Gasteiger charge is -2.23. The van der Waals surface area contributed by atoms with Crippen molar-refractivity contribution in [3.05, 3.63) is 11.1 Å². The van der Waals surface area contributed by atoms with Crippen LogP contribution in [0.2, 0.25) is 0 Å². The second kappa shape index (κ2) is 2.74. The van der Waals surface area contributed by atoms with Crippen molar-refractivity contribution in [2.75, 3.05) is 13.1 Å². The molecule has 54 valence electrons. The standard InChI is InChI=1S/C8H12N2/c1-7-3-4-10(6-9)5-8(7)2/h3-5H2,1-2H3. The van der Waals surface area contributed by atoms with Gasteiger partial charge in [-0.1, -0.05) is 11.1 Å². The van der Waals surface area contributed by atoms with Crippen LogP contribution >= 0.6 is 0 Å². The Morgan fingerprint density at radius 1 is 1.40 bits per heavy atom. The van der Waals surface area contributed by atoms with Gasteiger partial charge in [-0.15, -0.1) is 0 Å². The van der Waals surface area contributed by atoms with Crippen molar-refractivity contribution < 1.29 is 0 Å². The Kier molecular flexibility index (Phi) is 1.96. The third kappa shape index (κ3) is 1.30. The fourth-order valence-corrected chi connectivity index (χ4v) is 1.10. The zero-order valence-electron chi connectivity index (χ0n) is 6.52. The summed E-state index contributed by atoms with van der Waals surface area (Å²) < 4.78 is 0. The van der Waals surface area contributed by atoms with Gasteiger partial charge >= 0.3 is 0 Å². The average molecular weight is 136 g/mol. The molecule has 2 heteroatoms. The molecule has 10 heavy (non-hydrogen) atoms. The van der Waals surface area contributed by atoms with Gasteiger partial charge in [0.2, 0.25) is 0 Å². The molecular weight excluding hydrogens is 124 g/mol. The first kappa shape index (κ1) is 7.14. The van der Waals surface area contributed by atoms with Gasteiger partial charge in [0, 0.05) is 13.1 Å². The van der Waals surface area contributed by atoms with Crippen molar-refractivity contribution in [1.82, 2.24) is 4.90 Å². The molecule has 2 nitrogen and oxygen atoms in total. The van der Waals surface area contributed by atoms with E-state index in [1.807, 2.05) is 0 Å². The smallest absolute Gasteiger partial charge is 0.179 e. The van der Waals surface area contributed by atoms with Gasteiger partial charge in [0.05, 0.1) is 0 Å². The Balaban J connectivity index is 2.64. The summed E-state index contributed by atoms with van der Waals surface area (Å²) >= 11 is 0. The molecule has 0 saturated carbocycles. The fraction of sp³-hybridized carbons (Fsp3) is 0.625. The summed E-state index contributed by atoms with van der Waals surface area (Å²) in [5.74, 6) is 0. The van der Waals surface area contributed by atoms with Gasteiger partial charge in [-0.05, 0) is 20.3 Å². The van der Waals surface area contributed by atoms with Crippen molar-refractivity contribution in [2.45, 2.75) is 20.3 Å². The lowest BCUT2D eigenvalue weighted by molar-refractivity contribution is 0.405. The second-order valence-corrected chi connectivity index (χ2v) is 2.83. The normalized spacial score (nSPS) is 19.1. The van der Waals surface area contributed by atoms with Gasteiger partial charge in [0.25, 0.3) is 0 Å². The Morgan fingerprint density at radius 3 is 2.60 bits per heavy atom. The van der Waals surface area contributed by atoms with Crippen LogP contribution in [0.4, 0.5) is 0 Å². The maximum Gasteiger partial charge on any atom is 0.179 e. The highest BCUT2D eigenvalue weighted by Crippen LogP contribution is 2.15. The van der Waals surface area contributed by atoms with Gasteiger partial charge in [-0.3, -0.25) is 0 Å². The Labute approximate surface area is 61.8 Å². The molecule has 0 aromatic carbocycles. The van der Waals surface area contributed by atoms with Gasteiger partial charge < -0.3 is 4.90 Å². The van der Waals surface area contributed by atoms with Crippen LogP contribution in [-0.4, -0.2) is 18.0 Å². The summed E-state index contributed by atoms with van der Waals surface area (Å²) in [4.78, 5) is 1.79. The van der Waals surface area contributed by atoms with Crippen LogP contribution in [0.5, 0.6) is 0 Å². The van der Waals surface area contributed by atoms with Crippen molar-refractivity contribution in [2.24, 2.45) is 0 Å². The Morgan fingerprint density at radius 2 is 2.10 bits per heavy atom. The SMILES string of the molecule is CC1=C(C)CN(C#N)CC1. The third-order valence-corrected chi connectivity index (χ3v) is 2.05. The van der Waals surface area contributed by atoms with Crippen molar-refractivity contribution in [3.8, 4) is 6.19 Å². The van der Waals surface area contributed by atoms with Crippen molar-refractivity contribution >= 4 is 0 Å². The topological polar surface area (TPSA) is 27.0 Å². The number of rotatable bonds is 0. The lowest BCUT2D eigenvalue weighted by Crippen LogP contribution is -2.25. The van der Waals surface area contributed by atoms with Crippen LogP contribution in [0.3, 0.4) is 0 Å². The molecule has 1 rings (SSSR count). The van der Waals surface area contributed by atoms with E-state index in [1.165, 1.54) is 11.1 Å². The molecule has 0 spiro atoms. The van der Waals surface area contributed by atoms with E-state index in [1.54, 1.807) is 4.90 Å². The van der Waals surface area contributed by atoms with Crippen LogP contribution in [0.25, 0.3) is 0 Å². The fourth-order valence-electron chi connectivity index (χ4n) is 1.10. The minimum atomic E-state index is 0.836. The molecule has 0 N–H and O–H groups in total. The van der Waals surface area contributed by atoms with Gasteiger partial charge in [-0.2, -0.15) is 5.26 Å². The maximum atomic E-state index is 8.55. The molecular formula is C8H12N2. The van der Waals surface area contributed by atoms with Crippen molar-refractivity contribution in [1.29, 1.82) is 5.26 Å². The first-order valence-electron chi connectivity index (χ1n) is 3.54. The lowest BCUT2D eigenvalue weighted by atomic mass is 10.0. The van der Waals surface area contributed by atoms with Crippen molar-refractivity contribution in [3.63, 3.8) is 0 Å². The van der Waals surface area contributed by atoms with E-state index < -0.39 is 0 Å². The molecule has 0 atom stereocenters. The average Bonchev–Trinajstić information content (AvgIpc) is 1.95. The number of hydrogen-bond donors (Lipinski definition) is 0. The highest BCUT2D eigenvalue weighted by molar-refractivity contribution is 5.15. The van der Waals surface area contributed by atoms with Gasteiger partial charge in [0.15, 0.2) is 6.19 Å². The number of hydrogen-bond acceptors (Lipinski definition) is 2. The van der Waals surface area contributed by atoms with Gasteiger partial charge in [-0.25, -0.2) is 0 Å². The predicted octanol–water partition coefficient (Wildman–Crippen LogP) is 1.51. The summed E-state index contributed by atoms with van der Waals surface area (Å²) in [6.45, 7) is 5.98. The quantitative estimate of drug-likeness (QED) is 0.373. The molecule has 1 aliphatic heterocycles. The predicted molar refractivity (Wildman–Crippen MR) is 40.2 cm³/mol. The van der Waals surface area contributed by atoms with Gasteiger partial charge in [0.1, 0.15) is 0 Å². The van der Waals surface area contributed by atoms with E-state index in [9.17, 15) is 0 Å². The van der Waals surface area contributed by atoms with Crippen LogP contribution < -0.4 is 0 Å². The minimum absolute atomic E-state index is 0.836. The van der Waals surface area contributed by atoms with Crippen LogP contribution in [0.1, 0.15) is 20.3 Å². The summed E-state index contributed by atoms with van der Waals surface area (Å²) in [5.41, 5.74) is 2.80. The van der Waals surface area contributed by atoms with E-state index in [2.05, 4.69) is 20.0 Å². The molecule has 0 saturated heterocycles. The zero-order chi connectivity index (χ0) is 7.56. The zero-order valence-corrected chi connectivity index (χ0v) is 6.52. The van der Waals surface area contributed by atoms with Crippen LogP contribution in [0, 0.1) is 11.5 Å². The van der Waals surface area contributed by atoms with E-state index in [0.29, 0.717) is 0 Å². The number of nitriles is 1. The molecule has 0 aromatic rings. The van der Waals surface area contributed by atoms with Crippen LogP contribution in [0.15, 0.2) is 11.1 Å². The first-order valence-corrected chi connectivity index (χ1v) is 3.54. The summed E-state index contributed by atoms with van der Waals surface area (Å²) in [5, 5.41) is 8.55. The molecule has 1 aliphatic rings. The number of nitrogens with zero attached hydrogens (tertiary/aromatic N) is 2. The molecule has 0 amide bonds. The molecule has 0 radical (unpaired) electrons. The first-order chi connectivity index (χ1) is 4.74. The Hall–Kier alpha value is -0.970. The Bertz CT molecular complexity index is 198. The van der Waals surface area contributed by atoms with E-state index >= 15 is 0 Å². The molecule has 0 aromatic heterocycles. The summed E-state index contributed by atoms with van der Waals surface area (Å²) in [7, 11) is 0. The molecule has 0 unspecified atom stereocenters. The molecule has 0 bridgehead atoms. The largest absolute Gasteiger partial charge is 0.306 e. The monoisotopic (exact) mass is 136 g/mol. The summed E-state index contributed by atoms with van der Waals surface area (Å²) in [6.07, 6.45) is 3.21. The highest BCUT2D eigenvalue weighted by Gasteiger charge is 2.10. The summed E-state index contributed by atoms with van der Waals surface area (Å²) in [6, 6.07) is 0. The van der Waals surface area contributed by atoms with Crippen LogP contribution in [-0.2, 0) is 0 Å². The maximum absolute atomic E-state index is 8.55. The van der Waals surface area contributed by atoms with E-state index in [4.69, 9.17) is 5.26 Å². The highest BCUT2D eigenvalue weighted by atomic mass is 15.1. The molecule has 1 heterocycles. The minimum Gasteiger partial charge on any atom is -0.306 e. The third-order valence-electron chi connectivity index (χ3n) is 2.05. The molecule has 0 fully saturated rings. The van der Waals surface area contributed by atoms with E-state index in [-0.39, 0.29) is 0 Å².